The molecule has 0 aromatic heterocycles. The number of hydrogen-bond acceptors (Lipinski definition) is 2. The van der Waals surface area contributed by atoms with Crippen LogP contribution in [0.1, 0.15) is 32.4 Å². The van der Waals surface area contributed by atoms with Crippen molar-refractivity contribution in [3.8, 4) is 5.75 Å². The van der Waals surface area contributed by atoms with Gasteiger partial charge in [0.2, 0.25) is 0 Å². The highest BCUT2D eigenvalue weighted by molar-refractivity contribution is 5.30. The highest BCUT2D eigenvalue weighted by Gasteiger charge is 2.11. The summed E-state index contributed by atoms with van der Waals surface area (Å²) in [7, 11) is 0. The lowest BCUT2D eigenvalue weighted by molar-refractivity contribution is 0.126. The highest BCUT2D eigenvalue weighted by Crippen LogP contribution is 2.24. The summed E-state index contributed by atoms with van der Waals surface area (Å²) in [5.41, 5.74) is 0.922. The van der Waals surface area contributed by atoms with E-state index in [9.17, 15) is 5.11 Å². The van der Waals surface area contributed by atoms with Gasteiger partial charge in [-0.25, -0.2) is 0 Å². The minimum Gasteiger partial charge on any atom is -0.494 e. The molecule has 1 atom stereocenters. The summed E-state index contributed by atoms with van der Waals surface area (Å²) in [6.07, 6.45) is -0.407. The van der Waals surface area contributed by atoms with Crippen LogP contribution in [-0.4, -0.2) is 11.7 Å². The molecule has 0 aliphatic rings. The molecule has 1 rings (SSSR count). The van der Waals surface area contributed by atoms with E-state index in [-0.39, 0.29) is 5.92 Å². The number of benzene rings is 1. The minimum atomic E-state index is -0.407. The molecule has 0 heterocycles. The Morgan fingerprint density at radius 3 is 2.64 bits per heavy atom. The Balaban J connectivity index is 2.82. The first kappa shape index (κ1) is 11.1. The summed E-state index contributed by atoms with van der Waals surface area (Å²) >= 11 is 0. The molecule has 1 unspecified atom stereocenters. The van der Waals surface area contributed by atoms with E-state index in [1.807, 2.05) is 45.0 Å². The Morgan fingerprint density at radius 2 is 2.07 bits per heavy atom. The van der Waals surface area contributed by atoms with Crippen LogP contribution in [0.25, 0.3) is 0 Å². The van der Waals surface area contributed by atoms with Crippen molar-refractivity contribution in [1.29, 1.82) is 0 Å². The van der Waals surface area contributed by atoms with Gasteiger partial charge in [0, 0.05) is 0 Å². The van der Waals surface area contributed by atoms with Gasteiger partial charge in [0.25, 0.3) is 0 Å². The lowest BCUT2D eigenvalue weighted by Gasteiger charge is -2.15. The Hall–Kier alpha value is -1.02. The Bertz CT molecular complexity index is 281. The zero-order chi connectivity index (χ0) is 10.6. The molecular formula is C12H18O2. The summed E-state index contributed by atoms with van der Waals surface area (Å²) in [4.78, 5) is 0. The molecule has 0 saturated heterocycles. The van der Waals surface area contributed by atoms with E-state index in [0.29, 0.717) is 6.61 Å². The Morgan fingerprint density at radius 1 is 1.36 bits per heavy atom. The van der Waals surface area contributed by atoms with Crippen LogP contribution in [0.2, 0.25) is 0 Å². The molecule has 2 heteroatoms. The van der Waals surface area contributed by atoms with E-state index < -0.39 is 6.10 Å². The minimum absolute atomic E-state index is 0.229. The number of aliphatic hydroxyl groups is 1. The van der Waals surface area contributed by atoms with Crippen molar-refractivity contribution in [2.24, 2.45) is 5.92 Å². The predicted octanol–water partition coefficient (Wildman–Crippen LogP) is 2.77. The van der Waals surface area contributed by atoms with Crippen molar-refractivity contribution in [3.05, 3.63) is 29.8 Å². The summed E-state index contributed by atoms with van der Waals surface area (Å²) in [5, 5.41) is 9.83. The third-order valence-corrected chi connectivity index (χ3v) is 2.14. The fourth-order valence-electron chi connectivity index (χ4n) is 1.34. The van der Waals surface area contributed by atoms with Gasteiger partial charge >= 0.3 is 0 Å². The molecule has 78 valence electrons. The average molecular weight is 194 g/mol. The van der Waals surface area contributed by atoms with Crippen LogP contribution in [0.5, 0.6) is 5.75 Å². The van der Waals surface area contributed by atoms with Crippen molar-refractivity contribution in [2.75, 3.05) is 6.61 Å². The molecule has 0 radical (unpaired) electrons. The van der Waals surface area contributed by atoms with E-state index in [0.717, 1.165) is 11.3 Å². The van der Waals surface area contributed by atoms with Crippen LogP contribution < -0.4 is 4.74 Å². The van der Waals surface area contributed by atoms with Crippen molar-refractivity contribution in [2.45, 2.75) is 26.9 Å². The van der Waals surface area contributed by atoms with E-state index in [4.69, 9.17) is 4.74 Å². The van der Waals surface area contributed by atoms with Gasteiger partial charge < -0.3 is 9.84 Å². The van der Waals surface area contributed by atoms with Crippen molar-refractivity contribution in [3.63, 3.8) is 0 Å². The van der Waals surface area contributed by atoms with Crippen LogP contribution in [0, 0.1) is 5.92 Å². The monoisotopic (exact) mass is 194 g/mol. The van der Waals surface area contributed by atoms with Crippen molar-refractivity contribution in [1.82, 2.24) is 0 Å². The molecular weight excluding hydrogens is 176 g/mol. The van der Waals surface area contributed by atoms with Crippen LogP contribution in [0.4, 0.5) is 0 Å². The van der Waals surface area contributed by atoms with E-state index in [1.165, 1.54) is 0 Å². The second kappa shape index (κ2) is 5.01. The molecule has 0 fully saturated rings. The van der Waals surface area contributed by atoms with Crippen LogP contribution in [0.3, 0.4) is 0 Å². The smallest absolute Gasteiger partial charge is 0.119 e. The first-order valence-electron chi connectivity index (χ1n) is 5.06. The van der Waals surface area contributed by atoms with Gasteiger partial charge in [-0.05, 0) is 30.5 Å². The quantitative estimate of drug-likeness (QED) is 0.798. The molecule has 0 spiro atoms. The van der Waals surface area contributed by atoms with Crippen LogP contribution >= 0.6 is 0 Å². The van der Waals surface area contributed by atoms with E-state index in [2.05, 4.69) is 0 Å². The molecule has 0 aliphatic heterocycles. The summed E-state index contributed by atoms with van der Waals surface area (Å²) < 4.78 is 5.37. The molecule has 0 amide bonds. The first-order chi connectivity index (χ1) is 6.65. The third-order valence-electron chi connectivity index (χ3n) is 2.14. The van der Waals surface area contributed by atoms with Gasteiger partial charge in [0.15, 0.2) is 0 Å². The van der Waals surface area contributed by atoms with Crippen molar-refractivity contribution >= 4 is 0 Å². The zero-order valence-electron chi connectivity index (χ0n) is 9.03. The van der Waals surface area contributed by atoms with E-state index in [1.54, 1.807) is 0 Å². The topological polar surface area (TPSA) is 29.5 Å². The summed E-state index contributed by atoms with van der Waals surface area (Å²) in [5.74, 6) is 1.05. The lowest BCUT2D eigenvalue weighted by atomic mass is 9.99. The Kier molecular flexibility index (Phi) is 3.96. The molecule has 1 aromatic carbocycles. The third kappa shape index (κ3) is 2.74. The van der Waals surface area contributed by atoms with Crippen LogP contribution in [0.15, 0.2) is 24.3 Å². The van der Waals surface area contributed by atoms with Gasteiger partial charge in [-0.1, -0.05) is 26.0 Å². The highest BCUT2D eigenvalue weighted by atomic mass is 16.5. The van der Waals surface area contributed by atoms with Gasteiger partial charge in [-0.3, -0.25) is 0 Å². The standard InChI is InChI=1S/C12H18O2/c1-4-14-11-7-5-6-10(8-11)12(13)9(2)3/h5-9,12-13H,4H2,1-3H3. The number of ether oxygens (including phenoxy) is 1. The van der Waals surface area contributed by atoms with Crippen molar-refractivity contribution < 1.29 is 9.84 Å². The van der Waals surface area contributed by atoms with Crippen LogP contribution in [-0.2, 0) is 0 Å². The second-order valence-electron chi connectivity index (χ2n) is 3.69. The van der Waals surface area contributed by atoms with Gasteiger partial charge in [0.05, 0.1) is 12.7 Å². The predicted molar refractivity (Wildman–Crippen MR) is 57.4 cm³/mol. The number of hydrogen-bond donors (Lipinski definition) is 1. The lowest BCUT2D eigenvalue weighted by Crippen LogP contribution is -2.05. The van der Waals surface area contributed by atoms with Gasteiger partial charge in [-0.2, -0.15) is 0 Å². The fourth-order valence-corrected chi connectivity index (χ4v) is 1.34. The molecule has 14 heavy (non-hydrogen) atoms. The fraction of sp³-hybridized carbons (Fsp3) is 0.500. The molecule has 1 N–H and O–H groups in total. The maximum atomic E-state index is 9.83. The maximum Gasteiger partial charge on any atom is 0.119 e. The molecule has 2 nitrogen and oxygen atoms in total. The maximum absolute atomic E-state index is 9.83. The summed E-state index contributed by atoms with van der Waals surface area (Å²) in [6, 6.07) is 7.63. The molecule has 1 aromatic rings. The van der Waals surface area contributed by atoms with E-state index >= 15 is 0 Å². The largest absolute Gasteiger partial charge is 0.494 e. The Labute approximate surface area is 85.5 Å². The molecule has 0 bridgehead atoms. The first-order valence-corrected chi connectivity index (χ1v) is 5.06. The van der Waals surface area contributed by atoms with Gasteiger partial charge in [0.1, 0.15) is 5.75 Å². The summed E-state index contributed by atoms with van der Waals surface area (Å²) in [6.45, 7) is 6.60. The normalized spacial score (nSPS) is 12.9. The average Bonchev–Trinajstić information content (AvgIpc) is 2.17. The second-order valence-corrected chi connectivity index (χ2v) is 3.69. The SMILES string of the molecule is CCOc1cccc(C(O)C(C)C)c1. The number of rotatable bonds is 4. The zero-order valence-corrected chi connectivity index (χ0v) is 9.03. The molecule has 0 saturated carbocycles. The number of aliphatic hydroxyl groups excluding tert-OH is 1. The molecule has 0 aliphatic carbocycles. The van der Waals surface area contributed by atoms with Gasteiger partial charge in [-0.15, -0.1) is 0 Å².